The SMILES string of the molecule is Nc1nc2c(c(CNC3[C@H](O)[C@H](O)[C@H]4O[C@@H]34)cn2C2(O)COC(CO)C2O)c(=O)[nH]1. The molecule has 0 amide bonds. The van der Waals surface area contributed by atoms with Crippen molar-refractivity contribution in [2.24, 2.45) is 0 Å². The van der Waals surface area contributed by atoms with Gasteiger partial charge in [-0.2, -0.15) is 4.98 Å². The fourth-order valence-electron chi connectivity index (χ4n) is 4.49. The highest BCUT2D eigenvalue weighted by molar-refractivity contribution is 5.80. The van der Waals surface area contributed by atoms with E-state index in [1.807, 2.05) is 0 Å². The minimum Gasteiger partial charge on any atom is -0.394 e. The molecule has 0 aromatic carbocycles. The van der Waals surface area contributed by atoms with E-state index in [0.717, 1.165) is 0 Å². The van der Waals surface area contributed by atoms with Gasteiger partial charge in [0.2, 0.25) is 5.95 Å². The van der Waals surface area contributed by atoms with Crippen LogP contribution < -0.4 is 16.6 Å². The average molecular weight is 425 g/mol. The Bertz CT molecular complexity index is 1040. The zero-order valence-electron chi connectivity index (χ0n) is 15.7. The molecule has 3 fully saturated rings. The molecule has 3 aliphatic rings. The normalized spacial score (nSPS) is 40.2. The maximum absolute atomic E-state index is 12.6. The number of aromatic nitrogens is 3. The van der Waals surface area contributed by atoms with Gasteiger partial charge in [0.1, 0.15) is 36.6 Å². The fourth-order valence-corrected chi connectivity index (χ4v) is 4.49. The molecule has 1 aliphatic carbocycles. The van der Waals surface area contributed by atoms with Crippen LogP contribution in [0.5, 0.6) is 0 Å². The van der Waals surface area contributed by atoms with Crippen LogP contribution in [-0.2, 0) is 21.7 Å². The van der Waals surface area contributed by atoms with Gasteiger partial charge in [-0.1, -0.05) is 0 Å². The molecular weight excluding hydrogens is 402 g/mol. The first kappa shape index (κ1) is 19.8. The predicted molar refractivity (Wildman–Crippen MR) is 99.1 cm³/mol. The number of ether oxygens (including phenoxy) is 2. The maximum Gasteiger partial charge on any atom is 0.262 e. The molecular formula is C17H23N5O8. The number of nitrogen functional groups attached to an aromatic ring is 1. The number of aliphatic hydroxyl groups is 5. The van der Waals surface area contributed by atoms with Gasteiger partial charge in [0.05, 0.1) is 24.6 Å². The second-order valence-corrected chi connectivity index (χ2v) is 7.98. The van der Waals surface area contributed by atoms with Gasteiger partial charge < -0.3 is 46.1 Å². The minimum atomic E-state index is -1.98. The predicted octanol–water partition coefficient (Wildman–Crippen LogP) is -4.34. The van der Waals surface area contributed by atoms with Crippen molar-refractivity contribution in [2.45, 2.75) is 54.9 Å². The van der Waals surface area contributed by atoms with Crippen molar-refractivity contribution in [2.75, 3.05) is 18.9 Å². The summed E-state index contributed by atoms with van der Waals surface area (Å²) in [6.07, 6.45) is -3.79. The third-order valence-electron chi connectivity index (χ3n) is 6.18. The smallest absolute Gasteiger partial charge is 0.262 e. The Balaban J connectivity index is 1.53. The number of hydrogen-bond donors (Lipinski definition) is 8. The molecule has 164 valence electrons. The van der Waals surface area contributed by atoms with Gasteiger partial charge in [-0.15, -0.1) is 0 Å². The number of H-pyrrole nitrogens is 1. The van der Waals surface area contributed by atoms with Gasteiger partial charge >= 0.3 is 0 Å². The Morgan fingerprint density at radius 1 is 1.33 bits per heavy atom. The van der Waals surface area contributed by atoms with Crippen LogP contribution in [0.25, 0.3) is 11.0 Å². The van der Waals surface area contributed by atoms with Crippen LogP contribution in [0, 0.1) is 0 Å². The first-order valence-electron chi connectivity index (χ1n) is 9.54. The standard InChI is InChI=1S/C17H23N5O8/c18-16-20-14-7(15(27)21-16)5(1-19-8-9(24)10(25)12-11(8)30-12)2-22(14)17(28)4-29-6(3-23)13(17)26/h2,6,8-13,19,23-26,28H,1,3-4H2,(H3,18,20,21,27)/t6?,8?,9-,10-,11-,12+,13?,17?/m0/s1. The summed E-state index contributed by atoms with van der Waals surface area (Å²) in [5, 5.41) is 54.2. The molecule has 0 radical (unpaired) electrons. The van der Waals surface area contributed by atoms with Crippen molar-refractivity contribution in [3.8, 4) is 0 Å². The number of anilines is 1. The number of epoxide rings is 1. The van der Waals surface area contributed by atoms with Crippen LogP contribution in [0.2, 0.25) is 0 Å². The summed E-state index contributed by atoms with van der Waals surface area (Å²) in [5.41, 5.74) is 3.60. The van der Waals surface area contributed by atoms with E-state index >= 15 is 0 Å². The fraction of sp³-hybridized carbons (Fsp3) is 0.647. The number of rotatable bonds is 5. The molecule has 0 spiro atoms. The molecule has 2 aliphatic heterocycles. The molecule has 5 rings (SSSR count). The Labute approximate surface area is 168 Å². The van der Waals surface area contributed by atoms with E-state index < -0.39 is 54.5 Å². The Hall–Kier alpha value is -2.10. The summed E-state index contributed by atoms with van der Waals surface area (Å²) in [6.45, 7) is -0.761. The number of aromatic amines is 1. The summed E-state index contributed by atoms with van der Waals surface area (Å²) in [7, 11) is 0. The number of nitrogens with two attached hydrogens (primary N) is 1. The molecule has 4 heterocycles. The molecule has 2 aromatic rings. The van der Waals surface area contributed by atoms with Crippen LogP contribution in [0.4, 0.5) is 5.95 Å². The quantitative estimate of drug-likeness (QED) is 0.214. The molecule has 1 saturated carbocycles. The average Bonchev–Trinajstić information content (AvgIpc) is 3.24. The van der Waals surface area contributed by atoms with E-state index in [-0.39, 0.29) is 36.2 Å². The van der Waals surface area contributed by atoms with Crippen molar-refractivity contribution in [3.63, 3.8) is 0 Å². The lowest BCUT2D eigenvalue weighted by Crippen LogP contribution is -2.47. The highest BCUT2D eigenvalue weighted by Gasteiger charge is 2.61. The lowest BCUT2D eigenvalue weighted by molar-refractivity contribution is -0.109. The second-order valence-electron chi connectivity index (χ2n) is 7.98. The van der Waals surface area contributed by atoms with Crippen LogP contribution in [0.3, 0.4) is 0 Å². The third kappa shape index (κ3) is 2.72. The van der Waals surface area contributed by atoms with Crippen LogP contribution >= 0.6 is 0 Å². The molecule has 13 heteroatoms. The Morgan fingerprint density at radius 2 is 2.10 bits per heavy atom. The lowest BCUT2D eigenvalue weighted by Gasteiger charge is -2.28. The largest absolute Gasteiger partial charge is 0.394 e. The molecule has 4 unspecified atom stereocenters. The molecule has 9 N–H and O–H groups in total. The van der Waals surface area contributed by atoms with Gasteiger partial charge in [-0.3, -0.25) is 14.3 Å². The first-order valence-corrected chi connectivity index (χ1v) is 9.54. The van der Waals surface area contributed by atoms with Crippen LogP contribution in [-0.4, -0.2) is 95.9 Å². The van der Waals surface area contributed by atoms with Gasteiger partial charge in [-0.05, 0) is 5.56 Å². The zero-order valence-corrected chi connectivity index (χ0v) is 15.7. The summed E-state index contributed by atoms with van der Waals surface area (Å²) in [6, 6.07) is -0.536. The molecule has 0 bridgehead atoms. The molecule has 2 aromatic heterocycles. The van der Waals surface area contributed by atoms with Gasteiger partial charge in [0, 0.05) is 12.7 Å². The Morgan fingerprint density at radius 3 is 2.73 bits per heavy atom. The van der Waals surface area contributed by atoms with E-state index in [1.165, 1.54) is 10.8 Å². The van der Waals surface area contributed by atoms with Crippen molar-refractivity contribution in [1.82, 2.24) is 19.9 Å². The third-order valence-corrected chi connectivity index (χ3v) is 6.18. The molecule has 30 heavy (non-hydrogen) atoms. The topological polar surface area (TPSA) is 212 Å². The van der Waals surface area contributed by atoms with Crippen LogP contribution in [0.15, 0.2) is 11.0 Å². The van der Waals surface area contributed by atoms with E-state index in [2.05, 4.69) is 15.3 Å². The zero-order chi connectivity index (χ0) is 21.4. The van der Waals surface area contributed by atoms with Gasteiger partial charge in [-0.25, -0.2) is 0 Å². The van der Waals surface area contributed by atoms with Crippen molar-refractivity contribution in [3.05, 3.63) is 22.1 Å². The van der Waals surface area contributed by atoms with E-state index in [9.17, 15) is 30.3 Å². The van der Waals surface area contributed by atoms with Crippen molar-refractivity contribution in [1.29, 1.82) is 0 Å². The number of hydrogen-bond acceptors (Lipinski definition) is 11. The van der Waals surface area contributed by atoms with Crippen molar-refractivity contribution < 1.29 is 35.0 Å². The van der Waals surface area contributed by atoms with E-state index in [4.69, 9.17) is 15.2 Å². The van der Waals surface area contributed by atoms with Crippen LogP contribution in [0.1, 0.15) is 5.56 Å². The molecule has 8 atom stereocenters. The number of nitrogens with one attached hydrogen (secondary N) is 2. The molecule has 2 saturated heterocycles. The Kier molecular flexibility index (Phi) is 4.43. The number of nitrogens with zero attached hydrogens (tertiary/aromatic N) is 2. The lowest BCUT2D eigenvalue weighted by atomic mass is 10.1. The number of aliphatic hydroxyl groups excluding tert-OH is 4. The highest BCUT2D eigenvalue weighted by Crippen LogP contribution is 2.39. The summed E-state index contributed by atoms with van der Waals surface area (Å²) < 4.78 is 11.8. The monoisotopic (exact) mass is 425 g/mol. The first-order chi connectivity index (χ1) is 14.3. The summed E-state index contributed by atoms with van der Waals surface area (Å²) >= 11 is 0. The summed E-state index contributed by atoms with van der Waals surface area (Å²) in [4.78, 5) is 19.1. The molecule has 13 nitrogen and oxygen atoms in total. The number of fused-ring (bicyclic) bond motifs is 2. The minimum absolute atomic E-state index is 0.0318. The second kappa shape index (κ2) is 6.70. The van der Waals surface area contributed by atoms with Crippen molar-refractivity contribution >= 4 is 17.0 Å². The van der Waals surface area contributed by atoms with Gasteiger partial charge in [0.25, 0.3) is 5.56 Å². The van der Waals surface area contributed by atoms with E-state index in [0.29, 0.717) is 5.56 Å². The van der Waals surface area contributed by atoms with E-state index in [1.54, 1.807) is 0 Å². The summed E-state index contributed by atoms with van der Waals surface area (Å²) in [5.74, 6) is -0.175. The van der Waals surface area contributed by atoms with Gasteiger partial charge in [0.15, 0.2) is 11.4 Å². The maximum atomic E-state index is 12.6. The highest BCUT2D eigenvalue weighted by atomic mass is 16.6.